The predicted molar refractivity (Wildman–Crippen MR) is 92.2 cm³/mol. The summed E-state index contributed by atoms with van der Waals surface area (Å²) < 4.78 is 0. The van der Waals surface area contributed by atoms with E-state index in [4.69, 9.17) is 0 Å². The monoisotopic (exact) mass is 334 g/mol. The third-order valence-electron chi connectivity index (χ3n) is 5.22. The van der Waals surface area contributed by atoms with E-state index >= 15 is 0 Å². The number of likely N-dealkylation sites (N-methyl/N-ethyl adjacent to an activating group) is 1. The highest BCUT2D eigenvalue weighted by Crippen LogP contribution is 2.40. The van der Waals surface area contributed by atoms with Gasteiger partial charge in [0.05, 0.1) is 6.54 Å². The van der Waals surface area contributed by atoms with Crippen molar-refractivity contribution in [1.29, 1.82) is 0 Å². The van der Waals surface area contributed by atoms with E-state index < -0.39 is 0 Å². The van der Waals surface area contributed by atoms with Gasteiger partial charge in [-0.2, -0.15) is 0 Å². The number of aryl methyl sites for hydroxylation is 1. The Kier molecular flexibility index (Phi) is 4.76. The minimum absolute atomic E-state index is 0.0964. The minimum Gasteiger partial charge on any atom is -0.339 e. The van der Waals surface area contributed by atoms with Gasteiger partial charge in [0, 0.05) is 24.4 Å². The summed E-state index contributed by atoms with van der Waals surface area (Å²) in [6.07, 6.45) is 3.84. The zero-order chi connectivity index (χ0) is 16.6. The van der Waals surface area contributed by atoms with Crippen molar-refractivity contribution in [2.75, 3.05) is 13.6 Å². The van der Waals surface area contributed by atoms with Gasteiger partial charge in [0.1, 0.15) is 6.04 Å². The Morgan fingerprint density at radius 1 is 1.39 bits per heavy atom. The van der Waals surface area contributed by atoms with Gasteiger partial charge in [0.15, 0.2) is 0 Å². The molecule has 1 aliphatic carbocycles. The van der Waals surface area contributed by atoms with Crippen molar-refractivity contribution in [2.24, 2.45) is 11.8 Å². The van der Waals surface area contributed by atoms with Crippen molar-refractivity contribution in [3.8, 4) is 0 Å². The standard InChI is InChI=1S/C18H26N2O2S/c1-12-7-9-23-16(12)11-19(3)18(22)15-6-4-5-8-20(15)17(21)14-10-13(14)2/h7,9,13-15H,4-6,8,10-11H2,1-3H3/t13-,14+,15-/m0/s1. The Bertz CT molecular complexity index is 598. The number of likely N-dealkylation sites (tertiary alicyclic amines) is 1. The Morgan fingerprint density at radius 2 is 2.13 bits per heavy atom. The van der Waals surface area contributed by atoms with Gasteiger partial charge in [-0.15, -0.1) is 11.3 Å². The number of carbonyl (C=O) groups excluding carboxylic acids is 2. The highest BCUT2D eigenvalue weighted by Gasteiger charge is 2.45. The fourth-order valence-electron chi connectivity index (χ4n) is 3.45. The van der Waals surface area contributed by atoms with Gasteiger partial charge in [0.2, 0.25) is 11.8 Å². The molecule has 0 bridgehead atoms. The average molecular weight is 334 g/mol. The van der Waals surface area contributed by atoms with Crippen molar-refractivity contribution < 1.29 is 9.59 Å². The van der Waals surface area contributed by atoms with Crippen LogP contribution in [-0.2, 0) is 16.1 Å². The van der Waals surface area contributed by atoms with Crippen LogP contribution in [0.2, 0.25) is 0 Å². The molecular formula is C18H26N2O2S. The summed E-state index contributed by atoms with van der Waals surface area (Å²) in [6, 6.07) is 1.83. The van der Waals surface area contributed by atoms with E-state index in [0.29, 0.717) is 12.5 Å². The van der Waals surface area contributed by atoms with E-state index in [1.807, 2.05) is 11.9 Å². The number of rotatable bonds is 4. The van der Waals surface area contributed by atoms with Crippen LogP contribution in [0.15, 0.2) is 11.4 Å². The summed E-state index contributed by atoms with van der Waals surface area (Å²) in [5, 5.41) is 2.06. The summed E-state index contributed by atoms with van der Waals surface area (Å²) in [4.78, 5) is 30.4. The number of hydrogen-bond donors (Lipinski definition) is 0. The maximum Gasteiger partial charge on any atom is 0.245 e. The van der Waals surface area contributed by atoms with Crippen LogP contribution < -0.4 is 0 Å². The van der Waals surface area contributed by atoms with Crippen LogP contribution in [0, 0.1) is 18.8 Å². The Morgan fingerprint density at radius 3 is 2.74 bits per heavy atom. The van der Waals surface area contributed by atoms with E-state index in [-0.39, 0.29) is 23.8 Å². The SMILES string of the molecule is Cc1ccsc1CN(C)C(=O)[C@@H]1CCCCN1C(=O)[C@@H]1C[C@@H]1C. The third-order valence-corrected chi connectivity index (χ3v) is 6.23. The maximum absolute atomic E-state index is 12.9. The second-order valence-corrected chi connectivity index (χ2v) is 8.08. The van der Waals surface area contributed by atoms with Crippen LogP contribution >= 0.6 is 11.3 Å². The molecule has 1 aliphatic heterocycles. The predicted octanol–water partition coefficient (Wildman–Crippen LogP) is 3.05. The van der Waals surface area contributed by atoms with Crippen LogP contribution in [0.4, 0.5) is 0 Å². The zero-order valence-corrected chi connectivity index (χ0v) is 15.1. The Hall–Kier alpha value is -1.36. The largest absolute Gasteiger partial charge is 0.339 e. The quantitative estimate of drug-likeness (QED) is 0.849. The molecule has 0 spiro atoms. The van der Waals surface area contributed by atoms with Crippen molar-refractivity contribution in [2.45, 2.75) is 52.1 Å². The fraction of sp³-hybridized carbons (Fsp3) is 0.667. The molecule has 1 aromatic heterocycles. The number of piperidine rings is 1. The van der Waals surface area contributed by atoms with E-state index in [0.717, 1.165) is 32.2 Å². The Labute approximate surface area is 142 Å². The van der Waals surface area contributed by atoms with E-state index in [1.165, 1.54) is 10.4 Å². The molecule has 3 atom stereocenters. The summed E-state index contributed by atoms with van der Waals surface area (Å²) >= 11 is 1.69. The molecule has 0 N–H and O–H groups in total. The molecule has 0 aromatic carbocycles. The molecule has 4 nitrogen and oxygen atoms in total. The minimum atomic E-state index is -0.255. The van der Waals surface area contributed by atoms with Gasteiger partial charge < -0.3 is 9.80 Å². The number of amides is 2. The molecule has 1 saturated heterocycles. The highest BCUT2D eigenvalue weighted by molar-refractivity contribution is 7.10. The lowest BCUT2D eigenvalue weighted by atomic mass is 10.00. The van der Waals surface area contributed by atoms with Gasteiger partial charge in [-0.25, -0.2) is 0 Å². The highest BCUT2D eigenvalue weighted by atomic mass is 32.1. The molecule has 0 unspecified atom stereocenters. The molecule has 23 heavy (non-hydrogen) atoms. The molecule has 5 heteroatoms. The second-order valence-electron chi connectivity index (χ2n) is 7.08. The lowest BCUT2D eigenvalue weighted by Crippen LogP contribution is -2.52. The van der Waals surface area contributed by atoms with E-state index in [1.54, 1.807) is 16.2 Å². The topological polar surface area (TPSA) is 40.6 Å². The van der Waals surface area contributed by atoms with E-state index in [2.05, 4.69) is 25.3 Å². The normalized spacial score (nSPS) is 26.9. The smallest absolute Gasteiger partial charge is 0.245 e. The van der Waals surface area contributed by atoms with Crippen LogP contribution in [-0.4, -0.2) is 41.2 Å². The molecule has 2 aliphatic rings. The van der Waals surface area contributed by atoms with Crippen molar-refractivity contribution >= 4 is 23.2 Å². The molecule has 126 valence electrons. The molecule has 1 aromatic rings. The third kappa shape index (κ3) is 3.44. The van der Waals surface area contributed by atoms with Gasteiger partial charge in [-0.1, -0.05) is 6.92 Å². The molecule has 2 fully saturated rings. The number of carbonyl (C=O) groups is 2. The van der Waals surface area contributed by atoms with Gasteiger partial charge in [0.25, 0.3) is 0 Å². The fourth-order valence-corrected chi connectivity index (χ4v) is 4.40. The Balaban J connectivity index is 1.68. The summed E-state index contributed by atoms with van der Waals surface area (Å²) in [5.74, 6) is 0.954. The van der Waals surface area contributed by atoms with Crippen molar-refractivity contribution in [3.63, 3.8) is 0 Å². The molecule has 1 saturated carbocycles. The average Bonchev–Trinajstić information content (AvgIpc) is 3.15. The van der Waals surface area contributed by atoms with Crippen LogP contribution in [0.5, 0.6) is 0 Å². The number of thiophene rings is 1. The molecule has 2 amide bonds. The van der Waals surface area contributed by atoms with Gasteiger partial charge in [-0.05, 0) is 55.5 Å². The van der Waals surface area contributed by atoms with Gasteiger partial charge in [-0.3, -0.25) is 9.59 Å². The molecule has 2 heterocycles. The van der Waals surface area contributed by atoms with Crippen molar-refractivity contribution in [1.82, 2.24) is 9.80 Å². The number of nitrogens with zero attached hydrogens (tertiary/aromatic N) is 2. The first kappa shape index (κ1) is 16.5. The maximum atomic E-state index is 12.9. The number of hydrogen-bond acceptors (Lipinski definition) is 3. The van der Waals surface area contributed by atoms with Crippen LogP contribution in [0.25, 0.3) is 0 Å². The van der Waals surface area contributed by atoms with Crippen molar-refractivity contribution in [3.05, 3.63) is 21.9 Å². The summed E-state index contributed by atoms with van der Waals surface area (Å²) in [5.41, 5.74) is 1.23. The van der Waals surface area contributed by atoms with Gasteiger partial charge >= 0.3 is 0 Å². The summed E-state index contributed by atoms with van der Waals surface area (Å²) in [7, 11) is 1.86. The molecule has 0 radical (unpaired) electrons. The first-order chi connectivity index (χ1) is 11.0. The summed E-state index contributed by atoms with van der Waals surface area (Å²) in [6.45, 7) is 5.58. The molecular weight excluding hydrogens is 308 g/mol. The zero-order valence-electron chi connectivity index (χ0n) is 14.2. The molecule has 3 rings (SSSR count). The first-order valence-electron chi connectivity index (χ1n) is 8.57. The lowest BCUT2D eigenvalue weighted by molar-refractivity contribution is -0.148. The second kappa shape index (κ2) is 6.63. The first-order valence-corrected chi connectivity index (χ1v) is 9.45. The van der Waals surface area contributed by atoms with E-state index in [9.17, 15) is 9.59 Å². The lowest BCUT2D eigenvalue weighted by Gasteiger charge is -2.37. The van der Waals surface area contributed by atoms with Crippen LogP contribution in [0.3, 0.4) is 0 Å². The van der Waals surface area contributed by atoms with Crippen LogP contribution in [0.1, 0.15) is 43.0 Å².